The molecular weight excluding hydrogens is 328 g/mol. The number of halogens is 1. The molecule has 0 aliphatic rings. The van der Waals surface area contributed by atoms with Crippen LogP contribution in [0.25, 0.3) is 0 Å². The number of nitrogens with one attached hydrogen (secondary N) is 2. The Morgan fingerprint density at radius 3 is 2.33 bits per heavy atom. The van der Waals surface area contributed by atoms with Gasteiger partial charge in [-0.1, -0.05) is 11.6 Å². The smallest absolute Gasteiger partial charge is 0.221 e. The minimum atomic E-state index is -0.0187. The molecule has 0 saturated carbocycles. The summed E-state index contributed by atoms with van der Waals surface area (Å²) in [7, 11) is 1.62. The first kappa shape index (κ1) is 17.9. The molecule has 128 valence electrons. The molecule has 2 N–H and O–H groups in total. The normalized spacial score (nSPS) is 10.1. The van der Waals surface area contributed by atoms with Crippen LogP contribution in [0.5, 0.6) is 11.5 Å². The molecule has 0 atom stereocenters. The zero-order chi connectivity index (χ0) is 17.2. The third-order valence-corrected chi connectivity index (χ3v) is 3.53. The van der Waals surface area contributed by atoms with E-state index in [4.69, 9.17) is 21.1 Å². The van der Waals surface area contributed by atoms with E-state index in [0.29, 0.717) is 31.1 Å². The highest BCUT2D eigenvalue weighted by molar-refractivity contribution is 6.30. The predicted octanol–water partition coefficient (Wildman–Crippen LogP) is 3.35. The fourth-order valence-electron chi connectivity index (χ4n) is 2.01. The van der Waals surface area contributed by atoms with Gasteiger partial charge in [0.15, 0.2) is 0 Å². The Labute approximate surface area is 146 Å². The number of ether oxygens (including phenoxy) is 2. The van der Waals surface area contributed by atoms with Crippen LogP contribution < -0.4 is 20.1 Å². The van der Waals surface area contributed by atoms with E-state index in [1.807, 2.05) is 36.4 Å². The van der Waals surface area contributed by atoms with Crippen molar-refractivity contribution in [2.75, 3.05) is 32.1 Å². The van der Waals surface area contributed by atoms with E-state index in [2.05, 4.69) is 10.6 Å². The lowest BCUT2D eigenvalue weighted by atomic mass is 10.3. The molecule has 0 unspecified atom stereocenters. The molecule has 1 amide bonds. The average molecular weight is 349 g/mol. The van der Waals surface area contributed by atoms with Crippen molar-refractivity contribution in [1.82, 2.24) is 5.32 Å². The summed E-state index contributed by atoms with van der Waals surface area (Å²) in [5.41, 5.74) is 0.940. The quantitative estimate of drug-likeness (QED) is 0.682. The Hall–Kier alpha value is -2.40. The van der Waals surface area contributed by atoms with E-state index in [9.17, 15) is 4.79 Å². The fraction of sp³-hybridized carbons (Fsp3) is 0.278. The van der Waals surface area contributed by atoms with Gasteiger partial charge in [0.25, 0.3) is 0 Å². The topological polar surface area (TPSA) is 59.6 Å². The van der Waals surface area contributed by atoms with Crippen molar-refractivity contribution in [3.05, 3.63) is 53.6 Å². The number of hydrogen-bond donors (Lipinski definition) is 2. The minimum Gasteiger partial charge on any atom is -0.497 e. The lowest BCUT2D eigenvalue weighted by Gasteiger charge is -2.09. The van der Waals surface area contributed by atoms with Gasteiger partial charge in [0.2, 0.25) is 5.91 Å². The van der Waals surface area contributed by atoms with Crippen LogP contribution in [0.15, 0.2) is 48.5 Å². The summed E-state index contributed by atoms with van der Waals surface area (Å²) in [4.78, 5) is 11.7. The molecule has 0 saturated heterocycles. The molecule has 24 heavy (non-hydrogen) atoms. The maximum absolute atomic E-state index is 11.7. The molecule has 0 bridgehead atoms. The van der Waals surface area contributed by atoms with Gasteiger partial charge in [-0.05, 0) is 48.5 Å². The lowest BCUT2D eigenvalue weighted by Crippen LogP contribution is -2.29. The Morgan fingerprint density at radius 2 is 1.67 bits per heavy atom. The van der Waals surface area contributed by atoms with Gasteiger partial charge in [0, 0.05) is 23.7 Å². The van der Waals surface area contributed by atoms with Gasteiger partial charge in [0.05, 0.1) is 13.7 Å². The molecular formula is C18H21ClN2O3. The number of hydrogen-bond acceptors (Lipinski definition) is 4. The van der Waals surface area contributed by atoms with E-state index in [0.717, 1.165) is 17.2 Å². The number of carbonyl (C=O) groups is 1. The molecule has 0 fully saturated rings. The highest BCUT2D eigenvalue weighted by Gasteiger charge is 2.01. The lowest BCUT2D eigenvalue weighted by molar-refractivity contribution is -0.120. The molecule has 0 aliphatic heterocycles. The maximum atomic E-state index is 11.7. The second-order valence-electron chi connectivity index (χ2n) is 5.06. The van der Waals surface area contributed by atoms with Crippen molar-refractivity contribution in [2.45, 2.75) is 6.42 Å². The van der Waals surface area contributed by atoms with Crippen LogP contribution >= 0.6 is 11.6 Å². The van der Waals surface area contributed by atoms with Crippen molar-refractivity contribution in [3.63, 3.8) is 0 Å². The summed E-state index contributed by atoms with van der Waals surface area (Å²) in [5, 5.41) is 6.68. The van der Waals surface area contributed by atoms with Crippen LogP contribution in [0, 0.1) is 0 Å². The Kier molecular flexibility index (Phi) is 7.23. The van der Waals surface area contributed by atoms with Crippen molar-refractivity contribution in [1.29, 1.82) is 0 Å². The van der Waals surface area contributed by atoms with E-state index in [1.165, 1.54) is 0 Å². The van der Waals surface area contributed by atoms with Crippen LogP contribution in [0.1, 0.15) is 6.42 Å². The number of rotatable bonds is 9. The first-order valence-electron chi connectivity index (χ1n) is 7.70. The van der Waals surface area contributed by atoms with Gasteiger partial charge in [0.1, 0.15) is 18.1 Å². The first-order valence-corrected chi connectivity index (χ1v) is 8.08. The molecule has 2 rings (SSSR count). The zero-order valence-corrected chi connectivity index (χ0v) is 14.3. The summed E-state index contributed by atoms with van der Waals surface area (Å²) in [6.45, 7) is 1.45. The third kappa shape index (κ3) is 6.38. The third-order valence-electron chi connectivity index (χ3n) is 3.28. The Balaban J connectivity index is 1.56. The summed E-state index contributed by atoms with van der Waals surface area (Å²) in [6, 6.07) is 14.7. The highest BCUT2D eigenvalue weighted by Crippen LogP contribution is 2.16. The van der Waals surface area contributed by atoms with Crippen LogP contribution in [0.4, 0.5) is 5.69 Å². The number of methoxy groups -OCH3 is 1. The SMILES string of the molecule is COc1ccc(OCCNC(=O)CCNc2ccc(Cl)cc2)cc1. The molecule has 6 heteroatoms. The Morgan fingerprint density at radius 1 is 1.00 bits per heavy atom. The molecule has 2 aromatic carbocycles. The van der Waals surface area contributed by atoms with E-state index < -0.39 is 0 Å². The summed E-state index contributed by atoms with van der Waals surface area (Å²) >= 11 is 5.82. The van der Waals surface area contributed by atoms with Gasteiger partial charge in [-0.3, -0.25) is 4.79 Å². The van der Waals surface area contributed by atoms with Crippen molar-refractivity contribution in [2.24, 2.45) is 0 Å². The van der Waals surface area contributed by atoms with Gasteiger partial charge < -0.3 is 20.1 Å². The number of carbonyl (C=O) groups excluding carboxylic acids is 1. The number of anilines is 1. The highest BCUT2D eigenvalue weighted by atomic mass is 35.5. The van der Waals surface area contributed by atoms with Crippen LogP contribution in [-0.2, 0) is 4.79 Å². The van der Waals surface area contributed by atoms with E-state index in [1.54, 1.807) is 19.2 Å². The molecule has 0 aromatic heterocycles. The molecule has 2 aromatic rings. The first-order chi connectivity index (χ1) is 11.7. The maximum Gasteiger partial charge on any atom is 0.221 e. The molecule has 0 aliphatic carbocycles. The number of benzene rings is 2. The minimum absolute atomic E-state index is 0.0187. The molecule has 5 nitrogen and oxygen atoms in total. The van der Waals surface area contributed by atoms with Gasteiger partial charge >= 0.3 is 0 Å². The van der Waals surface area contributed by atoms with Crippen LogP contribution in [-0.4, -0.2) is 32.7 Å². The second kappa shape index (κ2) is 9.67. The molecule has 0 radical (unpaired) electrons. The average Bonchev–Trinajstić information content (AvgIpc) is 2.61. The predicted molar refractivity (Wildman–Crippen MR) is 96.1 cm³/mol. The molecule has 0 heterocycles. The van der Waals surface area contributed by atoms with Gasteiger partial charge in [-0.15, -0.1) is 0 Å². The van der Waals surface area contributed by atoms with E-state index >= 15 is 0 Å². The summed E-state index contributed by atoms with van der Waals surface area (Å²) < 4.78 is 10.6. The van der Waals surface area contributed by atoms with Gasteiger partial charge in [-0.25, -0.2) is 0 Å². The summed E-state index contributed by atoms with van der Waals surface area (Å²) in [5.74, 6) is 1.51. The second-order valence-corrected chi connectivity index (χ2v) is 5.49. The van der Waals surface area contributed by atoms with Crippen LogP contribution in [0.2, 0.25) is 5.02 Å². The standard InChI is InChI=1S/C18H21ClN2O3/c1-23-16-6-8-17(9-7-16)24-13-12-21-18(22)10-11-20-15-4-2-14(19)3-5-15/h2-9,20H,10-13H2,1H3,(H,21,22). The largest absolute Gasteiger partial charge is 0.497 e. The van der Waals surface area contributed by atoms with Crippen molar-refractivity contribution in [3.8, 4) is 11.5 Å². The zero-order valence-electron chi connectivity index (χ0n) is 13.5. The van der Waals surface area contributed by atoms with Crippen LogP contribution in [0.3, 0.4) is 0 Å². The monoisotopic (exact) mass is 348 g/mol. The fourth-order valence-corrected chi connectivity index (χ4v) is 2.13. The molecule has 0 spiro atoms. The Bertz CT molecular complexity index is 630. The van der Waals surface area contributed by atoms with E-state index in [-0.39, 0.29) is 5.91 Å². The van der Waals surface area contributed by atoms with Gasteiger partial charge in [-0.2, -0.15) is 0 Å². The number of amides is 1. The van der Waals surface area contributed by atoms with Crippen molar-refractivity contribution >= 4 is 23.2 Å². The van der Waals surface area contributed by atoms with Crippen molar-refractivity contribution < 1.29 is 14.3 Å². The summed E-state index contributed by atoms with van der Waals surface area (Å²) in [6.07, 6.45) is 0.394.